The lowest BCUT2D eigenvalue weighted by atomic mass is 10.2. The summed E-state index contributed by atoms with van der Waals surface area (Å²) < 4.78 is 4.37. The normalized spacial score (nSPS) is 13.3. The summed E-state index contributed by atoms with van der Waals surface area (Å²) in [6.45, 7) is 1.66. The number of rotatable bonds is 2. The van der Waals surface area contributed by atoms with Crippen LogP contribution in [0.25, 0.3) is 0 Å². The number of ether oxygens (including phenoxy) is 1. The lowest BCUT2D eigenvalue weighted by Crippen LogP contribution is -2.32. The van der Waals surface area contributed by atoms with Crippen LogP contribution in [0.15, 0.2) is 11.1 Å². The van der Waals surface area contributed by atoms with Crippen LogP contribution in [-0.4, -0.2) is 19.1 Å². The molecule has 1 atom stereocenters. The first-order chi connectivity index (χ1) is 4.63. The van der Waals surface area contributed by atoms with Gasteiger partial charge < -0.3 is 10.5 Å². The van der Waals surface area contributed by atoms with Gasteiger partial charge in [0.2, 0.25) is 0 Å². The molecule has 0 aliphatic heterocycles. The molecule has 0 aromatic carbocycles. The molecule has 2 N–H and O–H groups in total. The molecule has 0 amide bonds. The van der Waals surface area contributed by atoms with Gasteiger partial charge in [0, 0.05) is 5.54 Å². The summed E-state index contributed by atoms with van der Waals surface area (Å²) in [6, 6.07) is -0.734. The van der Waals surface area contributed by atoms with E-state index in [-0.39, 0.29) is 12.4 Å². The minimum absolute atomic E-state index is 0. The van der Waals surface area contributed by atoms with Crippen LogP contribution in [0.2, 0.25) is 0 Å². The fraction of sp³-hybridized carbons (Fsp3) is 0.500. The number of hydrogen-bond acceptors (Lipinski definition) is 3. The Morgan fingerprint density at radius 3 is 2.45 bits per heavy atom. The maximum Gasteiger partial charge on any atom is 0.326 e. The molecule has 0 spiro atoms. The fourth-order valence-electron chi connectivity index (χ4n) is 0.381. The molecule has 0 heterocycles. The van der Waals surface area contributed by atoms with Crippen LogP contribution in [0.3, 0.4) is 0 Å². The molecule has 0 aliphatic rings. The third-order valence-electron chi connectivity index (χ3n) is 1.12. The van der Waals surface area contributed by atoms with Crippen LogP contribution >= 0.6 is 24.0 Å². The molecule has 5 heteroatoms. The number of carbonyl (C=O) groups excluding carboxylic acids is 1. The minimum atomic E-state index is -0.734. The fourth-order valence-corrected chi connectivity index (χ4v) is 0.516. The third kappa shape index (κ3) is 4.24. The summed E-state index contributed by atoms with van der Waals surface area (Å²) in [5.41, 5.74) is 7.21. The van der Waals surface area contributed by atoms with Crippen LogP contribution in [-0.2, 0) is 9.53 Å². The molecule has 0 bridgehead atoms. The van der Waals surface area contributed by atoms with E-state index in [0.717, 1.165) is 0 Å². The zero-order valence-corrected chi connectivity index (χ0v) is 7.91. The first-order valence-corrected chi connectivity index (χ1v) is 3.17. The van der Waals surface area contributed by atoms with Crippen LogP contribution in [0.4, 0.5) is 0 Å². The van der Waals surface area contributed by atoms with Crippen molar-refractivity contribution in [1.29, 1.82) is 0 Å². The van der Waals surface area contributed by atoms with Crippen molar-refractivity contribution in [1.82, 2.24) is 0 Å². The largest absolute Gasteiger partial charge is 0.468 e. The van der Waals surface area contributed by atoms with E-state index in [1.165, 1.54) is 12.6 Å². The average molecular weight is 200 g/mol. The first-order valence-electron chi connectivity index (χ1n) is 2.73. The Morgan fingerprint density at radius 2 is 2.18 bits per heavy atom. The summed E-state index contributed by atoms with van der Waals surface area (Å²) in [5.74, 6) is -0.477. The number of nitrogens with two attached hydrogens (primary N) is 1. The van der Waals surface area contributed by atoms with E-state index < -0.39 is 12.0 Å². The predicted octanol–water partition coefficient (Wildman–Crippen LogP) is 1.05. The van der Waals surface area contributed by atoms with Gasteiger partial charge in [0.25, 0.3) is 0 Å². The molecule has 11 heavy (non-hydrogen) atoms. The van der Waals surface area contributed by atoms with Gasteiger partial charge in [0.05, 0.1) is 7.11 Å². The van der Waals surface area contributed by atoms with E-state index in [1.807, 2.05) is 0 Å². The highest BCUT2D eigenvalue weighted by atomic mass is 35.5. The lowest BCUT2D eigenvalue weighted by Gasteiger charge is -2.07. The van der Waals surface area contributed by atoms with Gasteiger partial charge in [0.1, 0.15) is 6.04 Å². The monoisotopic (exact) mass is 199 g/mol. The Bertz CT molecular complexity index is 159. The summed E-state index contributed by atoms with van der Waals surface area (Å²) in [7, 11) is 1.28. The molecule has 0 saturated carbocycles. The zero-order chi connectivity index (χ0) is 8.15. The molecular formula is C6H11Cl2NO2. The number of methoxy groups -OCH3 is 1. The maximum absolute atomic E-state index is 10.7. The van der Waals surface area contributed by atoms with Gasteiger partial charge in [-0.05, 0) is 12.5 Å². The molecule has 3 nitrogen and oxygen atoms in total. The van der Waals surface area contributed by atoms with Gasteiger partial charge >= 0.3 is 5.97 Å². The van der Waals surface area contributed by atoms with Crippen molar-refractivity contribution in [3.63, 3.8) is 0 Å². The Balaban J connectivity index is 0. The third-order valence-corrected chi connectivity index (χ3v) is 1.46. The van der Waals surface area contributed by atoms with E-state index in [1.54, 1.807) is 6.92 Å². The lowest BCUT2D eigenvalue weighted by molar-refractivity contribution is -0.141. The zero-order valence-electron chi connectivity index (χ0n) is 6.33. The van der Waals surface area contributed by atoms with Gasteiger partial charge in [-0.15, -0.1) is 12.4 Å². The summed E-state index contributed by atoms with van der Waals surface area (Å²) in [5, 5.41) is 0. The molecule has 0 rings (SSSR count). The second-order valence-electron chi connectivity index (χ2n) is 1.85. The number of halogens is 2. The smallest absolute Gasteiger partial charge is 0.326 e. The molecule has 0 fully saturated rings. The van der Waals surface area contributed by atoms with Gasteiger partial charge in [-0.25, -0.2) is 0 Å². The second-order valence-corrected chi connectivity index (χ2v) is 2.07. The van der Waals surface area contributed by atoms with Crippen molar-refractivity contribution in [3.05, 3.63) is 11.1 Å². The van der Waals surface area contributed by atoms with Crippen molar-refractivity contribution < 1.29 is 9.53 Å². The molecule has 0 radical (unpaired) electrons. The van der Waals surface area contributed by atoms with Crippen LogP contribution < -0.4 is 5.73 Å². The van der Waals surface area contributed by atoms with Crippen molar-refractivity contribution in [2.75, 3.05) is 7.11 Å². The Kier molecular flexibility index (Phi) is 7.84. The highest BCUT2D eigenvalue weighted by molar-refractivity contribution is 6.25. The SMILES string of the molecule is COC(=O)C(N)/C(C)=C/Cl.Cl. The molecule has 0 aliphatic carbocycles. The highest BCUT2D eigenvalue weighted by Crippen LogP contribution is 2.01. The average Bonchev–Trinajstić information content (AvgIpc) is 2.00. The van der Waals surface area contributed by atoms with Gasteiger partial charge in [0.15, 0.2) is 0 Å². The Labute approximate surface area is 76.9 Å². The van der Waals surface area contributed by atoms with E-state index in [9.17, 15) is 4.79 Å². The van der Waals surface area contributed by atoms with E-state index in [4.69, 9.17) is 17.3 Å². The highest BCUT2D eigenvalue weighted by Gasteiger charge is 2.14. The molecule has 0 saturated heterocycles. The minimum Gasteiger partial charge on any atom is -0.468 e. The van der Waals surface area contributed by atoms with Crippen molar-refractivity contribution in [2.24, 2.45) is 5.73 Å². The molecule has 66 valence electrons. The van der Waals surface area contributed by atoms with E-state index >= 15 is 0 Å². The van der Waals surface area contributed by atoms with Crippen molar-refractivity contribution in [2.45, 2.75) is 13.0 Å². The Hall–Kier alpha value is -0.250. The molecule has 0 aromatic heterocycles. The topological polar surface area (TPSA) is 52.3 Å². The number of carbonyl (C=O) groups is 1. The molecule has 1 unspecified atom stereocenters. The first kappa shape index (κ1) is 13.3. The summed E-state index contributed by atoms with van der Waals surface area (Å²) in [4.78, 5) is 10.7. The van der Waals surface area contributed by atoms with Crippen LogP contribution in [0.1, 0.15) is 6.92 Å². The summed E-state index contributed by atoms with van der Waals surface area (Å²) in [6.07, 6.45) is 0. The van der Waals surface area contributed by atoms with Crippen LogP contribution in [0, 0.1) is 0 Å². The number of hydrogen-bond donors (Lipinski definition) is 1. The quantitative estimate of drug-likeness (QED) is 0.677. The van der Waals surface area contributed by atoms with Gasteiger partial charge in [-0.1, -0.05) is 11.6 Å². The van der Waals surface area contributed by atoms with Gasteiger partial charge in [-0.2, -0.15) is 0 Å². The van der Waals surface area contributed by atoms with Crippen molar-refractivity contribution >= 4 is 30.0 Å². The van der Waals surface area contributed by atoms with Gasteiger partial charge in [-0.3, -0.25) is 4.79 Å². The summed E-state index contributed by atoms with van der Waals surface area (Å²) >= 11 is 5.30. The molecular weight excluding hydrogens is 189 g/mol. The molecule has 0 aromatic rings. The predicted molar refractivity (Wildman–Crippen MR) is 46.8 cm³/mol. The standard InChI is InChI=1S/C6H10ClNO2.ClH/c1-4(3-7)5(8)6(9)10-2;/h3,5H,8H2,1-2H3;1H/b4-3+;. The number of esters is 1. The maximum atomic E-state index is 10.7. The second kappa shape index (κ2) is 6.46. The van der Waals surface area contributed by atoms with Crippen LogP contribution in [0.5, 0.6) is 0 Å². The Morgan fingerprint density at radius 1 is 1.73 bits per heavy atom. The van der Waals surface area contributed by atoms with E-state index in [2.05, 4.69) is 4.74 Å². The van der Waals surface area contributed by atoms with Crippen molar-refractivity contribution in [3.8, 4) is 0 Å². The van der Waals surface area contributed by atoms with E-state index in [0.29, 0.717) is 5.57 Å².